The third kappa shape index (κ3) is 8.12. The lowest BCUT2D eigenvalue weighted by atomic mass is 9.99. The molecule has 1 saturated heterocycles. The maximum atomic E-state index is 12.6. The van der Waals surface area contributed by atoms with Crippen molar-refractivity contribution in [3.05, 3.63) is 11.6 Å². The maximum absolute atomic E-state index is 12.6. The van der Waals surface area contributed by atoms with Gasteiger partial charge in [0.25, 0.3) is 0 Å². The third-order valence-corrected chi connectivity index (χ3v) is 7.43. The second-order valence-electron chi connectivity index (χ2n) is 10.2. The summed E-state index contributed by atoms with van der Waals surface area (Å²) < 4.78 is 7.37. The first kappa shape index (κ1) is 30.3. The molecule has 0 spiro atoms. The van der Waals surface area contributed by atoms with Gasteiger partial charge in [0.05, 0.1) is 12.9 Å². The van der Waals surface area contributed by atoms with Gasteiger partial charge < -0.3 is 20.3 Å². The van der Waals surface area contributed by atoms with Crippen molar-refractivity contribution < 1.29 is 19.7 Å². The zero-order valence-corrected chi connectivity index (χ0v) is 23.3. The van der Waals surface area contributed by atoms with Crippen LogP contribution in [0.1, 0.15) is 109 Å². The number of aliphatic hydroxyl groups excluding tert-OH is 2. The van der Waals surface area contributed by atoms with Gasteiger partial charge in [-0.05, 0) is 18.0 Å². The summed E-state index contributed by atoms with van der Waals surface area (Å²) >= 11 is 6.14. The number of ether oxygens (including phenoxy) is 1. The molecule has 2 aromatic heterocycles. The van der Waals surface area contributed by atoms with Crippen molar-refractivity contribution in [2.45, 2.75) is 121 Å². The van der Waals surface area contributed by atoms with E-state index in [2.05, 4.69) is 33.1 Å². The number of imidazole rings is 1. The van der Waals surface area contributed by atoms with Crippen molar-refractivity contribution in [1.82, 2.24) is 19.5 Å². The molecule has 38 heavy (non-hydrogen) atoms. The van der Waals surface area contributed by atoms with Crippen LogP contribution in [0.2, 0.25) is 5.28 Å². The van der Waals surface area contributed by atoms with Gasteiger partial charge in [-0.15, -0.1) is 6.42 Å². The molecule has 0 saturated carbocycles. The number of terminal acetylenes is 1. The Hall–Kier alpha value is -2.25. The molecular formula is C28H42ClN5O4. The molecule has 0 aromatic carbocycles. The van der Waals surface area contributed by atoms with Crippen LogP contribution in [0.4, 0.5) is 5.82 Å². The molecule has 0 radical (unpaired) electrons. The van der Waals surface area contributed by atoms with Crippen LogP contribution in [0.3, 0.4) is 0 Å². The summed E-state index contributed by atoms with van der Waals surface area (Å²) in [6, 6.07) is 0. The minimum absolute atomic E-state index is 0.0561. The molecule has 0 unspecified atom stereocenters. The van der Waals surface area contributed by atoms with Crippen LogP contribution in [-0.4, -0.2) is 54.0 Å². The average molecular weight is 548 g/mol. The molecular weight excluding hydrogens is 506 g/mol. The molecule has 1 aliphatic heterocycles. The van der Waals surface area contributed by atoms with Gasteiger partial charge in [-0.25, -0.2) is 4.98 Å². The van der Waals surface area contributed by atoms with E-state index in [0.717, 1.165) is 19.3 Å². The third-order valence-electron chi connectivity index (χ3n) is 7.26. The monoisotopic (exact) mass is 547 g/mol. The van der Waals surface area contributed by atoms with Crippen LogP contribution >= 0.6 is 11.6 Å². The van der Waals surface area contributed by atoms with E-state index in [-0.39, 0.29) is 23.4 Å². The highest BCUT2D eigenvalue weighted by Gasteiger charge is 2.47. The normalized spacial score (nSPS) is 21.1. The second kappa shape index (κ2) is 15.4. The molecule has 1 amide bonds. The summed E-state index contributed by atoms with van der Waals surface area (Å²) in [7, 11) is 0. The standard InChI is InChI=1S/C28H42ClN5O4/c1-3-5-6-7-8-9-10-11-12-13-14-15-16-17-22(37)31-25-24-26(33-27(29)32-25)34(20-30-24)23-18-21(36)28(4-2,19-35)38-23/h2,20-21,23,35-36H,3,5-19H2,1H3,(H,31,32,33,37)/t21-,23+,28+/m0/s1. The smallest absolute Gasteiger partial charge is 0.226 e. The first-order valence-electron chi connectivity index (χ1n) is 14.1. The highest BCUT2D eigenvalue weighted by atomic mass is 35.5. The first-order chi connectivity index (χ1) is 18.4. The molecule has 210 valence electrons. The van der Waals surface area contributed by atoms with Crippen molar-refractivity contribution >= 4 is 34.5 Å². The number of anilines is 1. The summed E-state index contributed by atoms with van der Waals surface area (Å²) in [5.41, 5.74) is -0.805. The van der Waals surface area contributed by atoms with E-state index in [9.17, 15) is 15.0 Å². The Morgan fingerprint density at radius 1 is 1.13 bits per heavy atom. The number of carbonyl (C=O) groups excluding carboxylic acids is 1. The van der Waals surface area contributed by atoms with Crippen molar-refractivity contribution in [3.63, 3.8) is 0 Å². The van der Waals surface area contributed by atoms with E-state index < -0.39 is 24.5 Å². The number of aromatic nitrogens is 4. The van der Waals surface area contributed by atoms with Gasteiger partial charge in [0.1, 0.15) is 12.3 Å². The van der Waals surface area contributed by atoms with E-state index in [1.807, 2.05) is 0 Å². The van der Waals surface area contributed by atoms with Gasteiger partial charge in [-0.3, -0.25) is 9.36 Å². The fraction of sp³-hybridized carbons (Fsp3) is 0.714. The average Bonchev–Trinajstić information content (AvgIpc) is 3.47. The highest BCUT2D eigenvalue weighted by molar-refractivity contribution is 6.28. The molecule has 3 rings (SSSR count). The van der Waals surface area contributed by atoms with Crippen molar-refractivity contribution in [2.24, 2.45) is 0 Å². The molecule has 0 bridgehead atoms. The number of hydrogen-bond acceptors (Lipinski definition) is 7. The number of unbranched alkanes of at least 4 members (excludes halogenated alkanes) is 12. The molecule has 9 nitrogen and oxygen atoms in total. The molecule has 0 aliphatic carbocycles. The molecule has 2 aromatic rings. The van der Waals surface area contributed by atoms with Gasteiger partial charge in [-0.2, -0.15) is 9.97 Å². The number of hydrogen-bond donors (Lipinski definition) is 3. The summed E-state index contributed by atoms with van der Waals surface area (Å²) in [5.74, 6) is 2.41. The molecule has 3 N–H and O–H groups in total. The van der Waals surface area contributed by atoms with Gasteiger partial charge in [-0.1, -0.05) is 89.9 Å². The Kier molecular flexibility index (Phi) is 12.3. The number of halogens is 1. The zero-order valence-electron chi connectivity index (χ0n) is 22.5. The van der Waals surface area contributed by atoms with Crippen LogP contribution in [0.25, 0.3) is 11.2 Å². The predicted molar refractivity (Wildman–Crippen MR) is 149 cm³/mol. The van der Waals surface area contributed by atoms with Crippen LogP contribution in [0, 0.1) is 12.3 Å². The maximum Gasteiger partial charge on any atom is 0.226 e. The number of nitrogens with zero attached hydrogens (tertiary/aromatic N) is 4. The SMILES string of the molecule is C#C[C@]1(CO)O[C@@H](n2cnc3c(NC(=O)CCCCCCCCCCCCCCC)nc(Cl)nc32)C[C@@H]1O. The number of carbonyl (C=O) groups is 1. The first-order valence-corrected chi connectivity index (χ1v) is 14.5. The quantitative estimate of drug-likeness (QED) is 0.135. The number of nitrogens with one attached hydrogen (secondary N) is 1. The summed E-state index contributed by atoms with van der Waals surface area (Å²) in [6.45, 7) is 1.73. The zero-order chi connectivity index (χ0) is 27.4. The molecule has 3 atom stereocenters. The van der Waals surface area contributed by atoms with Gasteiger partial charge in [0.2, 0.25) is 11.2 Å². The fourth-order valence-electron chi connectivity index (χ4n) is 4.93. The minimum Gasteiger partial charge on any atom is -0.392 e. The Labute approximate surface area is 230 Å². The van der Waals surface area contributed by atoms with Gasteiger partial charge in [0, 0.05) is 12.8 Å². The Morgan fingerprint density at radius 3 is 2.29 bits per heavy atom. The lowest BCUT2D eigenvalue weighted by Gasteiger charge is -2.23. The van der Waals surface area contributed by atoms with Crippen LogP contribution in [0.15, 0.2) is 6.33 Å². The highest BCUT2D eigenvalue weighted by Crippen LogP contribution is 2.38. The summed E-state index contributed by atoms with van der Waals surface area (Å²) in [4.78, 5) is 25.3. The molecule has 10 heteroatoms. The van der Waals surface area contributed by atoms with E-state index in [4.69, 9.17) is 22.8 Å². The van der Waals surface area contributed by atoms with E-state index in [1.54, 1.807) is 4.57 Å². The minimum atomic E-state index is -1.50. The van der Waals surface area contributed by atoms with Crippen molar-refractivity contribution in [1.29, 1.82) is 0 Å². The van der Waals surface area contributed by atoms with Crippen LogP contribution < -0.4 is 5.32 Å². The number of rotatable bonds is 17. The molecule has 1 fully saturated rings. The topological polar surface area (TPSA) is 122 Å². The van der Waals surface area contributed by atoms with E-state index in [0.29, 0.717) is 17.6 Å². The summed E-state index contributed by atoms with van der Waals surface area (Å²) in [6.07, 6.45) is 21.9. The lowest BCUT2D eigenvalue weighted by molar-refractivity contribution is -0.116. The molecule has 3 heterocycles. The number of fused-ring (bicyclic) bond motifs is 1. The van der Waals surface area contributed by atoms with Gasteiger partial charge in [0.15, 0.2) is 22.6 Å². The van der Waals surface area contributed by atoms with Gasteiger partial charge >= 0.3 is 0 Å². The van der Waals surface area contributed by atoms with E-state index >= 15 is 0 Å². The van der Waals surface area contributed by atoms with E-state index in [1.165, 1.54) is 70.5 Å². The summed E-state index contributed by atoms with van der Waals surface area (Å²) in [5, 5.41) is 22.8. The molecule has 1 aliphatic rings. The second-order valence-corrected chi connectivity index (χ2v) is 10.6. The lowest BCUT2D eigenvalue weighted by Crippen LogP contribution is -2.41. The van der Waals surface area contributed by atoms with Crippen LogP contribution in [-0.2, 0) is 9.53 Å². The van der Waals surface area contributed by atoms with Crippen molar-refractivity contribution in [2.75, 3.05) is 11.9 Å². The van der Waals surface area contributed by atoms with Crippen LogP contribution in [0.5, 0.6) is 0 Å². The Bertz CT molecular complexity index is 1070. The Balaban J connectivity index is 1.41. The number of aliphatic hydroxyl groups is 2. The van der Waals surface area contributed by atoms with Crippen molar-refractivity contribution in [3.8, 4) is 12.3 Å². The predicted octanol–water partition coefficient (Wildman–Crippen LogP) is 5.54. The number of amides is 1. The fourth-order valence-corrected chi connectivity index (χ4v) is 5.09. The Morgan fingerprint density at radius 2 is 1.74 bits per heavy atom. The largest absolute Gasteiger partial charge is 0.392 e.